The molecule has 8 nitrogen and oxygen atoms in total. The summed E-state index contributed by atoms with van der Waals surface area (Å²) in [5.74, 6) is 0.309. The number of pyridine rings is 1. The highest BCUT2D eigenvalue weighted by molar-refractivity contribution is 9.10. The molecule has 0 bridgehead atoms. The molecule has 1 amide bonds. The minimum atomic E-state index is -0.565. The summed E-state index contributed by atoms with van der Waals surface area (Å²) >= 11 is 3.41. The first kappa shape index (κ1) is 18.9. The molecule has 1 aromatic carbocycles. The van der Waals surface area contributed by atoms with Crippen LogP contribution in [0.1, 0.15) is 16.1 Å². The molecule has 0 atom stereocenters. The van der Waals surface area contributed by atoms with E-state index < -0.39 is 5.91 Å². The molecule has 146 valence electrons. The molecule has 0 spiro atoms. The number of carbonyl (C=O) groups excluding carboxylic acids is 1. The fourth-order valence-corrected chi connectivity index (χ4v) is 3.01. The van der Waals surface area contributed by atoms with Gasteiger partial charge < -0.3 is 20.2 Å². The van der Waals surface area contributed by atoms with E-state index in [1.807, 2.05) is 24.3 Å². The molecule has 0 aliphatic carbocycles. The number of nitrogens with one attached hydrogen (secondary N) is 1. The van der Waals surface area contributed by atoms with Crippen LogP contribution >= 0.6 is 15.9 Å². The second-order valence-corrected chi connectivity index (χ2v) is 7.08. The fraction of sp³-hybridized carbons (Fsp3) is 0.100. The smallest absolute Gasteiger partial charge is 0.277 e. The molecule has 0 aliphatic heterocycles. The molecule has 0 saturated carbocycles. The van der Waals surface area contributed by atoms with Crippen molar-refractivity contribution in [2.75, 3.05) is 11.9 Å². The number of rotatable bonds is 7. The number of hydrogen-bond donors (Lipinski definition) is 2. The third-order valence-electron chi connectivity index (χ3n) is 4.17. The summed E-state index contributed by atoms with van der Waals surface area (Å²) in [5.41, 5.74) is 7.74. The standard InChI is InChI=1S/C20H16BrN5O3/c21-13-1-3-14(4-2-13)24-19-15-7-10-28-17(15)20(26-25-19)29-9-6-12-5-8-23-16(11-12)18(22)27/h1-5,7-8,10-11H,6,9H2,(H2,22,27)(H,24,25). The van der Waals surface area contributed by atoms with Gasteiger partial charge in [-0.2, -0.15) is 0 Å². The zero-order valence-corrected chi connectivity index (χ0v) is 16.7. The van der Waals surface area contributed by atoms with E-state index in [0.29, 0.717) is 30.3 Å². The number of halogens is 1. The maximum Gasteiger partial charge on any atom is 0.277 e. The number of nitrogens with two attached hydrogens (primary N) is 1. The molecular formula is C20H16BrN5O3. The monoisotopic (exact) mass is 453 g/mol. The van der Waals surface area contributed by atoms with Gasteiger partial charge in [-0.25, -0.2) is 0 Å². The van der Waals surface area contributed by atoms with Gasteiger partial charge in [0.25, 0.3) is 11.8 Å². The lowest BCUT2D eigenvalue weighted by molar-refractivity contribution is 0.0995. The number of fused-ring (bicyclic) bond motifs is 1. The first-order valence-electron chi connectivity index (χ1n) is 8.74. The predicted molar refractivity (Wildman–Crippen MR) is 111 cm³/mol. The van der Waals surface area contributed by atoms with Crippen LogP contribution in [0.4, 0.5) is 11.5 Å². The number of aromatic nitrogens is 3. The highest BCUT2D eigenvalue weighted by atomic mass is 79.9. The second kappa shape index (κ2) is 8.27. The molecule has 29 heavy (non-hydrogen) atoms. The minimum Gasteiger partial charge on any atom is -0.474 e. The Labute approximate surface area is 174 Å². The number of furan rings is 1. The lowest BCUT2D eigenvalue weighted by Gasteiger charge is -2.09. The van der Waals surface area contributed by atoms with Crippen molar-refractivity contribution in [3.05, 3.63) is 70.7 Å². The lowest BCUT2D eigenvalue weighted by Crippen LogP contribution is -2.13. The Morgan fingerprint density at radius 2 is 2.00 bits per heavy atom. The molecule has 4 rings (SSSR count). The van der Waals surface area contributed by atoms with E-state index >= 15 is 0 Å². The molecule has 9 heteroatoms. The van der Waals surface area contributed by atoms with Crippen molar-refractivity contribution in [3.8, 4) is 5.88 Å². The van der Waals surface area contributed by atoms with Crippen LogP contribution in [0.15, 0.2) is 63.8 Å². The third-order valence-corrected chi connectivity index (χ3v) is 4.70. The van der Waals surface area contributed by atoms with E-state index in [4.69, 9.17) is 14.9 Å². The largest absolute Gasteiger partial charge is 0.474 e. The van der Waals surface area contributed by atoms with Crippen molar-refractivity contribution < 1.29 is 13.9 Å². The Hall–Kier alpha value is -3.46. The van der Waals surface area contributed by atoms with E-state index in [1.54, 1.807) is 30.7 Å². The average Bonchev–Trinajstić information content (AvgIpc) is 3.22. The quantitative estimate of drug-likeness (QED) is 0.436. The average molecular weight is 454 g/mol. The maximum atomic E-state index is 11.2. The van der Waals surface area contributed by atoms with Crippen molar-refractivity contribution in [1.82, 2.24) is 15.2 Å². The molecule has 0 unspecified atom stereocenters. The number of anilines is 2. The molecule has 0 saturated heterocycles. The van der Waals surface area contributed by atoms with Gasteiger partial charge in [-0.3, -0.25) is 9.78 Å². The summed E-state index contributed by atoms with van der Waals surface area (Å²) in [5, 5.41) is 12.4. The number of primary amides is 1. The van der Waals surface area contributed by atoms with Crippen molar-refractivity contribution in [2.45, 2.75) is 6.42 Å². The Morgan fingerprint density at radius 1 is 1.17 bits per heavy atom. The van der Waals surface area contributed by atoms with Gasteiger partial charge in [-0.05, 0) is 48.0 Å². The molecule has 3 heterocycles. The van der Waals surface area contributed by atoms with Gasteiger partial charge in [0, 0.05) is 22.8 Å². The second-order valence-electron chi connectivity index (χ2n) is 6.16. The summed E-state index contributed by atoms with van der Waals surface area (Å²) in [6.45, 7) is 0.326. The van der Waals surface area contributed by atoms with Crippen LogP contribution in [0.2, 0.25) is 0 Å². The van der Waals surface area contributed by atoms with Crippen LogP contribution in [-0.2, 0) is 6.42 Å². The molecule has 0 radical (unpaired) electrons. The van der Waals surface area contributed by atoms with Crippen molar-refractivity contribution in [1.29, 1.82) is 0 Å². The minimum absolute atomic E-state index is 0.221. The van der Waals surface area contributed by atoms with Gasteiger partial charge in [-0.15, -0.1) is 10.2 Å². The fourth-order valence-electron chi connectivity index (χ4n) is 2.74. The van der Waals surface area contributed by atoms with Crippen LogP contribution in [0, 0.1) is 0 Å². The van der Waals surface area contributed by atoms with Crippen LogP contribution < -0.4 is 15.8 Å². The Morgan fingerprint density at radius 3 is 2.79 bits per heavy atom. The topological polar surface area (TPSA) is 116 Å². The van der Waals surface area contributed by atoms with Crippen LogP contribution in [0.3, 0.4) is 0 Å². The van der Waals surface area contributed by atoms with Crippen molar-refractivity contribution >= 4 is 44.3 Å². The zero-order chi connectivity index (χ0) is 20.2. The zero-order valence-electron chi connectivity index (χ0n) is 15.1. The van der Waals surface area contributed by atoms with Crippen LogP contribution in [0.5, 0.6) is 5.88 Å². The highest BCUT2D eigenvalue weighted by Crippen LogP contribution is 2.30. The maximum absolute atomic E-state index is 11.2. The van der Waals surface area contributed by atoms with E-state index in [-0.39, 0.29) is 5.69 Å². The van der Waals surface area contributed by atoms with Crippen molar-refractivity contribution in [2.24, 2.45) is 5.73 Å². The molecule has 0 aliphatic rings. The lowest BCUT2D eigenvalue weighted by atomic mass is 10.2. The molecule has 4 aromatic rings. The van der Waals surface area contributed by atoms with Gasteiger partial charge in [0.15, 0.2) is 5.82 Å². The first-order valence-corrected chi connectivity index (χ1v) is 9.53. The van der Waals surface area contributed by atoms with Gasteiger partial charge >= 0.3 is 0 Å². The van der Waals surface area contributed by atoms with E-state index in [1.165, 1.54) is 0 Å². The summed E-state index contributed by atoms with van der Waals surface area (Å²) in [4.78, 5) is 15.2. The SMILES string of the molecule is NC(=O)c1cc(CCOc2nnc(Nc3ccc(Br)cc3)c3ccoc23)ccn1. The van der Waals surface area contributed by atoms with Gasteiger partial charge in [0.2, 0.25) is 5.58 Å². The van der Waals surface area contributed by atoms with Crippen molar-refractivity contribution in [3.63, 3.8) is 0 Å². The number of amides is 1. The van der Waals surface area contributed by atoms with Crippen LogP contribution in [0.25, 0.3) is 11.0 Å². The van der Waals surface area contributed by atoms with Gasteiger partial charge in [0.1, 0.15) is 5.69 Å². The number of ether oxygens (including phenoxy) is 1. The normalized spacial score (nSPS) is 10.8. The molecule has 3 N–H and O–H groups in total. The molecular weight excluding hydrogens is 438 g/mol. The summed E-state index contributed by atoms with van der Waals surface area (Å²) in [6.07, 6.45) is 3.66. The number of benzene rings is 1. The molecule has 0 fully saturated rings. The summed E-state index contributed by atoms with van der Waals surface area (Å²) in [6, 6.07) is 13.0. The highest BCUT2D eigenvalue weighted by Gasteiger charge is 2.14. The Kier molecular flexibility index (Phi) is 5.39. The molecule has 3 aromatic heterocycles. The number of hydrogen-bond acceptors (Lipinski definition) is 7. The van der Waals surface area contributed by atoms with Crippen LogP contribution in [-0.4, -0.2) is 27.7 Å². The van der Waals surface area contributed by atoms with Gasteiger partial charge in [0.05, 0.1) is 18.3 Å². The summed E-state index contributed by atoms with van der Waals surface area (Å²) < 4.78 is 12.3. The number of nitrogens with zero attached hydrogens (tertiary/aromatic N) is 3. The Balaban J connectivity index is 1.47. The predicted octanol–water partition coefficient (Wildman–Crippen LogP) is 3.84. The number of carbonyl (C=O) groups is 1. The summed E-state index contributed by atoms with van der Waals surface area (Å²) in [7, 11) is 0. The van der Waals surface area contributed by atoms with E-state index in [2.05, 4.69) is 36.4 Å². The Bertz CT molecular complexity index is 1160. The third kappa shape index (κ3) is 4.35. The van der Waals surface area contributed by atoms with Gasteiger partial charge in [-0.1, -0.05) is 15.9 Å². The van der Waals surface area contributed by atoms with E-state index in [9.17, 15) is 4.79 Å². The van der Waals surface area contributed by atoms with E-state index in [0.717, 1.165) is 21.1 Å². The first-order chi connectivity index (χ1) is 14.1.